The van der Waals surface area contributed by atoms with Gasteiger partial charge in [0.05, 0.1) is 26.2 Å². The fraction of sp³-hybridized carbons (Fsp3) is 0.400. The minimum Gasteiger partial charge on any atom is -0.332 e. The number of piperazine rings is 1. The van der Waals surface area contributed by atoms with Crippen molar-refractivity contribution >= 4 is 27.6 Å². The minimum absolute atomic E-state index is 0.118. The van der Waals surface area contributed by atoms with Crippen LogP contribution in [0.15, 0.2) is 34.8 Å². The van der Waals surface area contributed by atoms with Crippen LogP contribution in [-0.2, 0) is 4.79 Å². The fourth-order valence-electron chi connectivity index (χ4n) is 3.69. The van der Waals surface area contributed by atoms with Gasteiger partial charge in [0, 0.05) is 34.0 Å². The molecule has 1 fully saturated rings. The van der Waals surface area contributed by atoms with E-state index in [2.05, 4.69) is 26.6 Å². The minimum atomic E-state index is 0.118. The Morgan fingerprint density at radius 1 is 1.15 bits per heavy atom. The summed E-state index contributed by atoms with van der Waals surface area (Å²) in [5.41, 5.74) is 3.88. The number of ketones is 1. The van der Waals surface area contributed by atoms with Crippen LogP contribution in [0.1, 0.15) is 28.7 Å². The average molecular weight is 419 g/mol. The first kappa shape index (κ1) is 18.9. The summed E-state index contributed by atoms with van der Waals surface area (Å²) in [6, 6.07) is 10.1. The van der Waals surface area contributed by atoms with E-state index in [0.29, 0.717) is 6.54 Å². The number of halogens is 1. The van der Waals surface area contributed by atoms with Gasteiger partial charge in [-0.15, -0.1) is 0 Å². The second kappa shape index (κ2) is 7.76. The lowest BCUT2D eigenvalue weighted by atomic mass is 10.1. The Morgan fingerprint density at radius 2 is 1.85 bits per heavy atom. The molecule has 0 radical (unpaired) electrons. The quantitative estimate of drug-likeness (QED) is 0.769. The molecular formula is C20H25BrN3O2+. The largest absolute Gasteiger partial charge is 0.332 e. The summed E-state index contributed by atoms with van der Waals surface area (Å²) in [7, 11) is 0. The van der Waals surface area contributed by atoms with Crippen molar-refractivity contribution < 1.29 is 14.5 Å². The fourth-order valence-corrected chi connectivity index (χ4v) is 4.08. The van der Waals surface area contributed by atoms with Gasteiger partial charge >= 0.3 is 0 Å². The summed E-state index contributed by atoms with van der Waals surface area (Å²) in [5, 5.41) is 0. The summed E-state index contributed by atoms with van der Waals surface area (Å²) in [6.07, 6.45) is 0. The van der Waals surface area contributed by atoms with E-state index >= 15 is 0 Å². The molecule has 2 aromatic rings. The number of hydrogen-bond donors (Lipinski definition) is 1. The molecule has 1 N–H and O–H groups in total. The number of quaternary nitrogens is 1. The highest BCUT2D eigenvalue weighted by atomic mass is 79.9. The molecule has 3 rings (SSSR count). The third-order valence-corrected chi connectivity index (χ3v) is 5.62. The Bertz CT molecular complexity index is 836. The zero-order valence-electron chi connectivity index (χ0n) is 15.5. The third kappa shape index (κ3) is 3.91. The summed E-state index contributed by atoms with van der Waals surface area (Å²) >= 11 is 3.51. The van der Waals surface area contributed by atoms with Crippen molar-refractivity contribution in [2.24, 2.45) is 0 Å². The molecule has 2 heterocycles. The van der Waals surface area contributed by atoms with Crippen molar-refractivity contribution in [3.8, 4) is 5.69 Å². The molecule has 6 heteroatoms. The Hall–Kier alpha value is -1.92. The van der Waals surface area contributed by atoms with Gasteiger partial charge in [-0.2, -0.15) is 0 Å². The molecule has 26 heavy (non-hydrogen) atoms. The van der Waals surface area contributed by atoms with Crippen molar-refractivity contribution in [2.75, 3.05) is 32.7 Å². The van der Waals surface area contributed by atoms with Crippen LogP contribution in [0.3, 0.4) is 0 Å². The lowest BCUT2D eigenvalue weighted by Crippen LogP contribution is -3.15. The molecule has 0 aliphatic carbocycles. The molecule has 1 aliphatic rings. The van der Waals surface area contributed by atoms with Crippen LogP contribution in [0, 0.1) is 13.8 Å². The normalized spacial score (nSPS) is 15.3. The number of nitrogens with zero attached hydrogens (tertiary/aromatic N) is 2. The van der Waals surface area contributed by atoms with Crippen molar-refractivity contribution in [1.29, 1.82) is 0 Å². The highest BCUT2D eigenvalue weighted by Crippen LogP contribution is 2.23. The lowest BCUT2D eigenvalue weighted by Gasteiger charge is -2.31. The van der Waals surface area contributed by atoms with Gasteiger partial charge in [0.25, 0.3) is 0 Å². The van der Waals surface area contributed by atoms with Crippen molar-refractivity contribution in [2.45, 2.75) is 20.8 Å². The number of aromatic nitrogens is 1. The summed E-state index contributed by atoms with van der Waals surface area (Å²) in [6.45, 7) is 9.24. The maximum absolute atomic E-state index is 12.9. The van der Waals surface area contributed by atoms with E-state index in [4.69, 9.17) is 0 Å². The van der Waals surface area contributed by atoms with E-state index in [0.717, 1.165) is 53.3 Å². The van der Waals surface area contributed by atoms with Gasteiger partial charge in [-0.1, -0.05) is 22.0 Å². The molecule has 1 saturated heterocycles. The molecule has 1 aliphatic heterocycles. The predicted molar refractivity (Wildman–Crippen MR) is 105 cm³/mol. The van der Waals surface area contributed by atoms with Crippen LogP contribution in [-0.4, -0.2) is 53.9 Å². The van der Waals surface area contributed by atoms with Crippen molar-refractivity contribution in [1.82, 2.24) is 9.47 Å². The smallest absolute Gasteiger partial charge is 0.219 e. The number of carbonyl (C=O) groups excluding carboxylic acids is 2. The zero-order valence-corrected chi connectivity index (χ0v) is 17.1. The predicted octanol–water partition coefficient (Wildman–Crippen LogP) is 1.79. The Morgan fingerprint density at radius 3 is 2.46 bits per heavy atom. The summed E-state index contributed by atoms with van der Waals surface area (Å²) in [4.78, 5) is 27.4. The van der Waals surface area contributed by atoms with Crippen LogP contribution in [0.5, 0.6) is 0 Å². The van der Waals surface area contributed by atoms with Crippen molar-refractivity contribution in [3.05, 3.63) is 51.8 Å². The molecule has 0 spiro atoms. The molecule has 5 nitrogen and oxygen atoms in total. The second-order valence-corrected chi connectivity index (χ2v) is 7.87. The maximum atomic E-state index is 12.9. The number of aryl methyl sites for hydroxylation is 1. The first-order valence-electron chi connectivity index (χ1n) is 8.94. The Labute approximate surface area is 162 Å². The van der Waals surface area contributed by atoms with E-state index < -0.39 is 0 Å². The van der Waals surface area contributed by atoms with E-state index in [-0.39, 0.29) is 11.7 Å². The molecule has 1 aromatic heterocycles. The maximum Gasteiger partial charge on any atom is 0.219 e. The SMILES string of the molecule is CC(=O)N1CC[NH+](CC(=O)c2cc(C)n(-c3cccc(Br)c3)c2C)CC1. The average Bonchev–Trinajstić information content (AvgIpc) is 2.90. The number of nitrogens with one attached hydrogen (secondary N) is 1. The summed E-state index contributed by atoms with van der Waals surface area (Å²) in [5.74, 6) is 0.290. The molecule has 0 saturated carbocycles. The first-order valence-corrected chi connectivity index (χ1v) is 9.73. The van der Waals surface area contributed by atoms with Gasteiger partial charge in [-0.25, -0.2) is 0 Å². The first-order chi connectivity index (χ1) is 12.4. The molecule has 0 bridgehead atoms. The van der Waals surface area contributed by atoms with Gasteiger partial charge < -0.3 is 14.4 Å². The lowest BCUT2D eigenvalue weighted by molar-refractivity contribution is -0.895. The number of benzene rings is 1. The van der Waals surface area contributed by atoms with E-state index in [1.54, 1.807) is 6.92 Å². The van der Waals surface area contributed by atoms with Gasteiger partial charge in [-0.3, -0.25) is 9.59 Å². The van der Waals surface area contributed by atoms with Gasteiger partial charge in [-0.05, 0) is 38.1 Å². The van der Waals surface area contributed by atoms with Crippen LogP contribution in [0.25, 0.3) is 5.69 Å². The topological polar surface area (TPSA) is 46.8 Å². The standard InChI is InChI=1S/C20H24BrN3O2/c1-14-11-19(15(2)24(14)18-6-4-5-17(21)12-18)20(26)13-22-7-9-23(10-8-22)16(3)25/h4-6,11-12H,7-10,13H2,1-3H3/p+1. The molecule has 0 unspecified atom stereocenters. The van der Waals surface area contributed by atoms with Gasteiger partial charge in [0.2, 0.25) is 11.7 Å². The molecule has 1 amide bonds. The number of amides is 1. The van der Waals surface area contributed by atoms with Crippen LogP contribution in [0.2, 0.25) is 0 Å². The van der Waals surface area contributed by atoms with Crippen LogP contribution < -0.4 is 4.90 Å². The van der Waals surface area contributed by atoms with E-state index in [1.807, 2.05) is 43.0 Å². The third-order valence-electron chi connectivity index (χ3n) is 5.12. The zero-order chi connectivity index (χ0) is 18.8. The monoisotopic (exact) mass is 418 g/mol. The summed E-state index contributed by atoms with van der Waals surface area (Å²) < 4.78 is 3.14. The van der Waals surface area contributed by atoms with E-state index in [9.17, 15) is 9.59 Å². The number of rotatable bonds is 4. The Balaban J connectivity index is 1.75. The van der Waals surface area contributed by atoms with Crippen molar-refractivity contribution in [3.63, 3.8) is 0 Å². The van der Waals surface area contributed by atoms with Gasteiger partial charge in [0.15, 0.2) is 0 Å². The molecule has 138 valence electrons. The highest BCUT2D eigenvalue weighted by molar-refractivity contribution is 9.10. The van der Waals surface area contributed by atoms with Crippen LogP contribution in [0.4, 0.5) is 0 Å². The van der Waals surface area contributed by atoms with Crippen LogP contribution >= 0.6 is 15.9 Å². The number of carbonyl (C=O) groups is 2. The number of Topliss-reactive ketones (excluding diaryl/α,β-unsaturated/α-hetero) is 1. The molecule has 0 atom stereocenters. The Kier molecular flexibility index (Phi) is 5.63. The second-order valence-electron chi connectivity index (χ2n) is 6.96. The number of hydrogen-bond acceptors (Lipinski definition) is 2. The van der Waals surface area contributed by atoms with E-state index in [1.165, 1.54) is 4.90 Å². The molecule has 1 aromatic carbocycles. The van der Waals surface area contributed by atoms with Gasteiger partial charge in [0.1, 0.15) is 6.54 Å². The highest BCUT2D eigenvalue weighted by Gasteiger charge is 2.25. The molecular weight excluding hydrogens is 394 g/mol.